The first-order chi connectivity index (χ1) is 10.3. The third kappa shape index (κ3) is 5.21. The Bertz CT molecular complexity index is 558. The largest absolute Gasteiger partial charge is 0.462 e. The molecule has 0 spiro atoms. The minimum absolute atomic E-state index is 0.506. The summed E-state index contributed by atoms with van der Waals surface area (Å²) in [7, 11) is 0. The van der Waals surface area contributed by atoms with Crippen LogP contribution < -0.4 is 5.32 Å². The van der Waals surface area contributed by atoms with Crippen LogP contribution in [-0.4, -0.2) is 13.2 Å². The van der Waals surface area contributed by atoms with Crippen molar-refractivity contribution in [1.82, 2.24) is 5.32 Å². The van der Waals surface area contributed by atoms with Crippen LogP contribution in [0.2, 0.25) is 0 Å². The molecule has 0 atom stereocenters. The van der Waals surface area contributed by atoms with Gasteiger partial charge in [0.2, 0.25) is 0 Å². The summed E-state index contributed by atoms with van der Waals surface area (Å²) in [6.07, 6.45) is 4.08. The van der Waals surface area contributed by atoms with Crippen molar-refractivity contribution in [3.05, 3.63) is 65.1 Å². The van der Waals surface area contributed by atoms with Crippen LogP contribution in [-0.2, 0) is 17.9 Å². The fourth-order valence-electron chi connectivity index (χ4n) is 2.05. The second kappa shape index (κ2) is 8.45. The van der Waals surface area contributed by atoms with Gasteiger partial charge in [-0.3, -0.25) is 0 Å². The SMILES string of the molecule is CCNCc1oc(COCC=Cc2ccccc2)cc1C. The average molecular weight is 285 g/mol. The molecule has 3 nitrogen and oxygen atoms in total. The van der Waals surface area contributed by atoms with Crippen LogP contribution >= 0.6 is 0 Å². The summed E-state index contributed by atoms with van der Waals surface area (Å²) >= 11 is 0. The van der Waals surface area contributed by atoms with Gasteiger partial charge in [-0.25, -0.2) is 0 Å². The first-order valence-electron chi connectivity index (χ1n) is 7.38. The van der Waals surface area contributed by atoms with Gasteiger partial charge in [-0.1, -0.05) is 49.4 Å². The van der Waals surface area contributed by atoms with Crippen LogP contribution in [0.1, 0.15) is 29.6 Å². The number of aryl methyl sites for hydroxylation is 1. The molecular weight excluding hydrogens is 262 g/mol. The molecule has 0 unspecified atom stereocenters. The zero-order valence-electron chi connectivity index (χ0n) is 12.8. The van der Waals surface area contributed by atoms with Gasteiger partial charge in [0.05, 0.1) is 13.2 Å². The summed E-state index contributed by atoms with van der Waals surface area (Å²) in [5.41, 5.74) is 2.36. The van der Waals surface area contributed by atoms with Gasteiger partial charge < -0.3 is 14.5 Å². The Morgan fingerprint density at radius 1 is 1.24 bits per heavy atom. The van der Waals surface area contributed by atoms with E-state index in [4.69, 9.17) is 9.15 Å². The van der Waals surface area contributed by atoms with Crippen molar-refractivity contribution in [2.75, 3.05) is 13.2 Å². The average Bonchev–Trinajstić information content (AvgIpc) is 2.86. The smallest absolute Gasteiger partial charge is 0.130 e. The minimum atomic E-state index is 0.506. The molecule has 0 aliphatic heterocycles. The van der Waals surface area contributed by atoms with E-state index < -0.39 is 0 Å². The lowest BCUT2D eigenvalue weighted by Gasteiger charge is -2.00. The molecule has 0 saturated heterocycles. The van der Waals surface area contributed by atoms with Crippen molar-refractivity contribution in [3.63, 3.8) is 0 Å². The second-order valence-electron chi connectivity index (χ2n) is 4.93. The van der Waals surface area contributed by atoms with Crippen LogP contribution in [0.5, 0.6) is 0 Å². The molecule has 0 bridgehead atoms. The number of nitrogens with one attached hydrogen (secondary N) is 1. The van der Waals surface area contributed by atoms with Crippen molar-refractivity contribution in [2.24, 2.45) is 0 Å². The number of hydrogen-bond donors (Lipinski definition) is 1. The molecule has 0 amide bonds. The Morgan fingerprint density at radius 3 is 2.81 bits per heavy atom. The Hall–Kier alpha value is -1.84. The Kier molecular flexibility index (Phi) is 6.25. The monoisotopic (exact) mass is 285 g/mol. The topological polar surface area (TPSA) is 34.4 Å². The molecule has 1 aromatic heterocycles. The van der Waals surface area contributed by atoms with Gasteiger partial charge in [-0.15, -0.1) is 0 Å². The van der Waals surface area contributed by atoms with Crippen molar-refractivity contribution in [3.8, 4) is 0 Å². The van der Waals surface area contributed by atoms with Gasteiger partial charge in [-0.2, -0.15) is 0 Å². The molecule has 1 heterocycles. The standard InChI is InChI=1S/C18H23NO2/c1-3-19-13-18-15(2)12-17(21-18)14-20-11-7-10-16-8-5-4-6-9-16/h4-10,12,19H,3,11,13-14H2,1-2H3. The third-order valence-corrected chi connectivity index (χ3v) is 3.18. The van der Waals surface area contributed by atoms with Gasteiger partial charge in [0, 0.05) is 0 Å². The zero-order valence-corrected chi connectivity index (χ0v) is 12.8. The van der Waals surface area contributed by atoms with Crippen LogP contribution in [0.15, 0.2) is 46.9 Å². The fourth-order valence-corrected chi connectivity index (χ4v) is 2.05. The molecule has 0 saturated carbocycles. The maximum Gasteiger partial charge on any atom is 0.130 e. The van der Waals surface area contributed by atoms with E-state index in [2.05, 4.69) is 37.4 Å². The summed E-state index contributed by atoms with van der Waals surface area (Å²) in [6.45, 7) is 6.95. The predicted octanol–water partition coefficient (Wildman–Crippen LogP) is 3.93. The molecule has 0 aliphatic rings. The zero-order chi connectivity index (χ0) is 14.9. The van der Waals surface area contributed by atoms with Gasteiger partial charge in [0.15, 0.2) is 0 Å². The highest BCUT2D eigenvalue weighted by Crippen LogP contribution is 2.15. The number of hydrogen-bond acceptors (Lipinski definition) is 3. The second-order valence-corrected chi connectivity index (χ2v) is 4.93. The molecule has 112 valence electrons. The molecule has 1 N–H and O–H groups in total. The Balaban J connectivity index is 1.75. The summed E-state index contributed by atoms with van der Waals surface area (Å²) in [5, 5.41) is 3.27. The van der Waals surface area contributed by atoms with Gasteiger partial charge in [-0.05, 0) is 30.7 Å². The summed E-state index contributed by atoms with van der Waals surface area (Å²) in [4.78, 5) is 0. The molecular formula is C18H23NO2. The lowest BCUT2D eigenvalue weighted by atomic mass is 10.2. The van der Waals surface area contributed by atoms with Crippen LogP contribution in [0.4, 0.5) is 0 Å². The molecule has 21 heavy (non-hydrogen) atoms. The van der Waals surface area contributed by atoms with Crippen LogP contribution in [0.3, 0.4) is 0 Å². The van der Waals surface area contributed by atoms with Crippen LogP contribution in [0, 0.1) is 6.92 Å². The Morgan fingerprint density at radius 2 is 2.05 bits per heavy atom. The van der Waals surface area contributed by atoms with Gasteiger partial charge in [0.25, 0.3) is 0 Å². The first kappa shape index (κ1) is 15.5. The van der Waals surface area contributed by atoms with E-state index in [9.17, 15) is 0 Å². The van der Waals surface area contributed by atoms with E-state index in [1.165, 1.54) is 11.1 Å². The lowest BCUT2D eigenvalue weighted by molar-refractivity contribution is 0.130. The fraction of sp³-hybridized carbons (Fsp3) is 0.333. The molecule has 3 heteroatoms. The number of ether oxygens (including phenoxy) is 1. The van der Waals surface area contributed by atoms with E-state index in [0.29, 0.717) is 13.2 Å². The van der Waals surface area contributed by atoms with E-state index in [1.54, 1.807) is 0 Å². The number of furan rings is 1. The van der Waals surface area contributed by atoms with Crippen molar-refractivity contribution in [1.29, 1.82) is 0 Å². The molecule has 2 aromatic rings. The minimum Gasteiger partial charge on any atom is -0.462 e. The maximum atomic E-state index is 5.77. The lowest BCUT2D eigenvalue weighted by Crippen LogP contribution is -2.11. The highest BCUT2D eigenvalue weighted by Gasteiger charge is 2.06. The summed E-state index contributed by atoms with van der Waals surface area (Å²) in [6, 6.07) is 12.3. The number of benzene rings is 1. The Labute approximate surface area is 126 Å². The molecule has 0 radical (unpaired) electrons. The van der Waals surface area contributed by atoms with E-state index in [-0.39, 0.29) is 0 Å². The summed E-state index contributed by atoms with van der Waals surface area (Å²) < 4.78 is 11.4. The first-order valence-corrected chi connectivity index (χ1v) is 7.38. The number of rotatable bonds is 8. The normalized spacial score (nSPS) is 11.3. The van der Waals surface area contributed by atoms with Gasteiger partial charge in [0.1, 0.15) is 18.1 Å². The van der Waals surface area contributed by atoms with E-state index >= 15 is 0 Å². The van der Waals surface area contributed by atoms with Crippen molar-refractivity contribution in [2.45, 2.75) is 27.0 Å². The quantitative estimate of drug-likeness (QED) is 0.746. The molecule has 1 aromatic carbocycles. The van der Waals surface area contributed by atoms with E-state index in [1.807, 2.05) is 30.3 Å². The molecule has 0 fully saturated rings. The molecule has 0 aliphatic carbocycles. The maximum absolute atomic E-state index is 5.77. The summed E-state index contributed by atoms with van der Waals surface area (Å²) in [5.74, 6) is 1.88. The predicted molar refractivity (Wildman–Crippen MR) is 86.0 cm³/mol. The third-order valence-electron chi connectivity index (χ3n) is 3.18. The highest BCUT2D eigenvalue weighted by atomic mass is 16.5. The van der Waals surface area contributed by atoms with Crippen molar-refractivity contribution < 1.29 is 9.15 Å². The van der Waals surface area contributed by atoms with E-state index in [0.717, 1.165) is 24.6 Å². The van der Waals surface area contributed by atoms with Crippen molar-refractivity contribution >= 4 is 6.08 Å². The molecule has 2 rings (SSSR count). The van der Waals surface area contributed by atoms with Crippen LogP contribution in [0.25, 0.3) is 6.08 Å². The highest BCUT2D eigenvalue weighted by molar-refractivity contribution is 5.48. The van der Waals surface area contributed by atoms with Gasteiger partial charge >= 0.3 is 0 Å².